The summed E-state index contributed by atoms with van der Waals surface area (Å²) in [6.45, 7) is 6.07. The first-order valence-corrected chi connectivity index (χ1v) is 9.79. The van der Waals surface area contributed by atoms with Crippen LogP contribution < -0.4 is 10.6 Å². The van der Waals surface area contributed by atoms with Gasteiger partial charge < -0.3 is 20.1 Å². The predicted molar refractivity (Wildman–Crippen MR) is 123 cm³/mol. The summed E-state index contributed by atoms with van der Waals surface area (Å²) in [5.74, 6) is 0.897. The maximum atomic E-state index is 5.34. The van der Waals surface area contributed by atoms with E-state index in [2.05, 4.69) is 41.8 Å². The molecule has 1 aromatic rings. The average Bonchev–Trinajstić information content (AvgIpc) is 3.12. The van der Waals surface area contributed by atoms with Gasteiger partial charge in [-0.3, -0.25) is 0 Å². The van der Waals surface area contributed by atoms with Gasteiger partial charge >= 0.3 is 0 Å². The standard InChI is InChI=1S/C21H35N3O2.HI/c1-4-22-20(23-15-18-8-7-9-19(14-18)16-26-3)24-17-21(12-13-25-2)10-5-6-11-21;/h7-9,14H,4-6,10-13,15-17H2,1-3H3,(H2,22,23,24);1H. The summed E-state index contributed by atoms with van der Waals surface area (Å²) in [5.41, 5.74) is 2.74. The van der Waals surface area contributed by atoms with Crippen LogP contribution >= 0.6 is 24.0 Å². The van der Waals surface area contributed by atoms with E-state index >= 15 is 0 Å². The van der Waals surface area contributed by atoms with Crippen LogP contribution in [0.2, 0.25) is 0 Å². The quantitative estimate of drug-likeness (QED) is 0.295. The molecule has 0 aromatic heterocycles. The second-order valence-electron chi connectivity index (χ2n) is 7.25. The van der Waals surface area contributed by atoms with E-state index in [0.29, 0.717) is 18.6 Å². The van der Waals surface area contributed by atoms with Crippen molar-refractivity contribution in [2.24, 2.45) is 10.4 Å². The minimum Gasteiger partial charge on any atom is -0.385 e. The van der Waals surface area contributed by atoms with Crippen LogP contribution in [0.4, 0.5) is 0 Å². The van der Waals surface area contributed by atoms with Crippen LogP contribution in [-0.4, -0.2) is 39.9 Å². The minimum atomic E-state index is 0. The Hall–Kier alpha value is -0.860. The van der Waals surface area contributed by atoms with Gasteiger partial charge in [0.05, 0.1) is 13.2 Å². The molecule has 0 radical (unpaired) electrons. The molecule has 1 aliphatic rings. The van der Waals surface area contributed by atoms with E-state index in [4.69, 9.17) is 14.5 Å². The van der Waals surface area contributed by atoms with Crippen molar-refractivity contribution in [1.29, 1.82) is 0 Å². The van der Waals surface area contributed by atoms with Crippen LogP contribution in [0.15, 0.2) is 29.3 Å². The van der Waals surface area contributed by atoms with Gasteiger partial charge in [-0.1, -0.05) is 37.1 Å². The molecule has 0 spiro atoms. The third-order valence-electron chi connectivity index (χ3n) is 5.20. The molecule has 0 amide bonds. The third-order valence-corrected chi connectivity index (χ3v) is 5.20. The van der Waals surface area contributed by atoms with Crippen LogP contribution in [-0.2, 0) is 22.6 Å². The second kappa shape index (κ2) is 13.3. The van der Waals surface area contributed by atoms with Gasteiger partial charge in [0.25, 0.3) is 0 Å². The van der Waals surface area contributed by atoms with E-state index in [1.807, 2.05) is 0 Å². The Kier molecular flexibility index (Phi) is 11.9. The van der Waals surface area contributed by atoms with E-state index in [0.717, 1.165) is 32.1 Å². The topological polar surface area (TPSA) is 54.9 Å². The van der Waals surface area contributed by atoms with E-state index in [1.165, 1.54) is 36.8 Å². The zero-order valence-corrected chi connectivity index (χ0v) is 19.4. The number of rotatable bonds is 10. The highest BCUT2D eigenvalue weighted by molar-refractivity contribution is 14.0. The molecule has 0 bridgehead atoms. The number of hydrogen-bond acceptors (Lipinski definition) is 3. The molecule has 0 aliphatic heterocycles. The highest BCUT2D eigenvalue weighted by atomic mass is 127. The Labute approximate surface area is 181 Å². The molecule has 1 fully saturated rings. The maximum absolute atomic E-state index is 5.34. The van der Waals surface area contributed by atoms with Crippen molar-refractivity contribution in [3.63, 3.8) is 0 Å². The Morgan fingerprint density at radius 1 is 1.11 bits per heavy atom. The van der Waals surface area contributed by atoms with Crippen LogP contribution in [0.25, 0.3) is 0 Å². The molecular weight excluding hydrogens is 453 g/mol. The average molecular weight is 489 g/mol. The lowest BCUT2D eigenvalue weighted by molar-refractivity contribution is 0.138. The monoisotopic (exact) mass is 489 g/mol. The summed E-state index contributed by atoms with van der Waals surface area (Å²) in [5, 5.41) is 6.95. The SMILES string of the molecule is CCNC(=NCc1cccc(COC)c1)NCC1(CCOC)CCCC1.I. The molecule has 0 atom stereocenters. The third kappa shape index (κ3) is 8.35. The molecule has 0 saturated heterocycles. The van der Waals surface area contributed by atoms with Gasteiger partial charge in [0.2, 0.25) is 0 Å². The van der Waals surface area contributed by atoms with Gasteiger partial charge in [-0.2, -0.15) is 0 Å². The van der Waals surface area contributed by atoms with Gasteiger partial charge in [-0.15, -0.1) is 24.0 Å². The summed E-state index contributed by atoms with van der Waals surface area (Å²) in [6.07, 6.45) is 6.33. The summed E-state index contributed by atoms with van der Waals surface area (Å²) in [6, 6.07) is 8.43. The lowest BCUT2D eigenvalue weighted by Gasteiger charge is -2.30. The molecular formula is C21H36IN3O2. The van der Waals surface area contributed by atoms with Gasteiger partial charge in [-0.05, 0) is 42.7 Å². The summed E-state index contributed by atoms with van der Waals surface area (Å²) >= 11 is 0. The van der Waals surface area contributed by atoms with Crippen molar-refractivity contribution in [2.75, 3.05) is 33.9 Å². The number of nitrogens with one attached hydrogen (secondary N) is 2. The number of benzene rings is 1. The zero-order chi connectivity index (χ0) is 18.7. The molecule has 2 rings (SSSR count). The van der Waals surface area contributed by atoms with E-state index < -0.39 is 0 Å². The van der Waals surface area contributed by atoms with Crippen LogP contribution in [0.1, 0.15) is 50.2 Å². The summed E-state index contributed by atoms with van der Waals surface area (Å²) in [7, 11) is 3.51. The van der Waals surface area contributed by atoms with Gasteiger partial charge in [0, 0.05) is 33.9 Å². The number of hydrogen-bond donors (Lipinski definition) is 2. The fourth-order valence-corrected chi connectivity index (χ4v) is 3.73. The Morgan fingerprint density at radius 2 is 1.85 bits per heavy atom. The van der Waals surface area contributed by atoms with Crippen molar-refractivity contribution < 1.29 is 9.47 Å². The minimum absolute atomic E-state index is 0. The number of aliphatic imine (C=N–C) groups is 1. The van der Waals surface area contributed by atoms with Gasteiger partial charge in [0.1, 0.15) is 0 Å². The molecule has 2 N–H and O–H groups in total. The first kappa shape index (κ1) is 24.2. The van der Waals surface area contributed by atoms with Crippen LogP contribution in [0, 0.1) is 5.41 Å². The smallest absolute Gasteiger partial charge is 0.191 e. The van der Waals surface area contributed by atoms with Crippen molar-refractivity contribution in [3.8, 4) is 0 Å². The lowest BCUT2D eigenvalue weighted by Crippen LogP contribution is -2.43. The molecule has 154 valence electrons. The fraction of sp³-hybridized carbons (Fsp3) is 0.667. The second-order valence-corrected chi connectivity index (χ2v) is 7.25. The van der Waals surface area contributed by atoms with E-state index in [1.54, 1.807) is 14.2 Å². The molecule has 0 unspecified atom stereocenters. The first-order valence-electron chi connectivity index (χ1n) is 9.79. The van der Waals surface area contributed by atoms with Crippen molar-refractivity contribution in [1.82, 2.24) is 10.6 Å². The lowest BCUT2D eigenvalue weighted by atomic mass is 9.83. The van der Waals surface area contributed by atoms with Crippen molar-refractivity contribution in [2.45, 2.75) is 52.2 Å². The number of guanidine groups is 1. The van der Waals surface area contributed by atoms with Crippen LogP contribution in [0.3, 0.4) is 0 Å². The number of methoxy groups -OCH3 is 2. The number of ether oxygens (including phenoxy) is 2. The number of halogens is 1. The molecule has 1 saturated carbocycles. The number of nitrogens with zero attached hydrogens (tertiary/aromatic N) is 1. The summed E-state index contributed by atoms with van der Waals surface area (Å²) < 4.78 is 10.6. The van der Waals surface area contributed by atoms with Gasteiger partial charge in [-0.25, -0.2) is 4.99 Å². The molecule has 27 heavy (non-hydrogen) atoms. The molecule has 0 heterocycles. The Bertz CT molecular complexity index is 560. The Balaban J connectivity index is 0.00000364. The highest BCUT2D eigenvalue weighted by Gasteiger charge is 2.33. The molecule has 1 aliphatic carbocycles. The van der Waals surface area contributed by atoms with E-state index in [9.17, 15) is 0 Å². The van der Waals surface area contributed by atoms with E-state index in [-0.39, 0.29) is 24.0 Å². The molecule has 6 heteroatoms. The Morgan fingerprint density at radius 3 is 2.52 bits per heavy atom. The van der Waals surface area contributed by atoms with Crippen LogP contribution in [0.5, 0.6) is 0 Å². The summed E-state index contributed by atoms with van der Waals surface area (Å²) in [4.78, 5) is 4.78. The largest absolute Gasteiger partial charge is 0.385 e. The molecule has 5 nitrogen and oxygen atoms in total. The van der Waals surface area contributed by atoms with Crippen molar-refractivity contribution >= 4 is 29.9 Å². The zero-order valence-electron chi connectivity index (χ0n) is 17.1. The van der Waals surface area contributed by atoms with Gasteiger partial charge in [0.15, 0.2) is 5.96 Å². The fourth-order valence-electron chi connectivity index (χ4n) is 3.73. The predicted octanol–water partition coefficient (Wildman–Crippen LogP) is 4.10. The highest BCUT2D eigenvalue weighted by Crippen LogP contribution is 2.40. The molecule has 1 aromatic carbocycles. The van der Waals surface area contributed by atoms with Crippen molar-refractivity contribution in [3.05, 3.63) is 35.4 Å². The first-order chi connectivity index (χ1) is 12.7. The maximum Gasteiger partial charge on any atom is 0.191 e. The normalized spacial score (nSPS) is 16.0.